The molecule has 2 rings (SSSR count). The summed E-state index contributed by atoms with van der Waals surface area (Å²) in [5.74, 6) is -0.979. The van der Waals surface area contributed by atoms with Crippen LogP contribution in [0.25, 0.3) is 0 Å². The SMILES string of the molecule is CCc1cc(C(=O)Nc2c(N)cccc2F)n(CC)n1. The molecule has 0 radical (unpaired) electrons. The van der Waals surface area contributed by atoms with Crippen LogP contribution < -0.4 is 11.1 Å². The van der Waals surface area contributed by atoms with Crippen molar-refractivity contribution in [3.05, 3.63) is 41.5 Å². The van der Waals surface area contributed by atoms with E-state index in [-0.39, 0.29) is 11.4 Å². The number of nitrogen functional groups attached to an aromatic ring is 1. The molecule has 0 aliphatic heterocycles. The summed E-state index contributed by atoms with van der Waals surface area (Å²) in [5.41, 5.74) is 7.08. The van der Waals surface area contributed by atoms with Crippen molar-refractivity contribution in [2.45, 2.75) is 26.8 Å². The molecular weight excluding hydrogens is 259 g/mol. The molecule has 1 aromatic carbocycles. The zero-order valence-corrected chi connectivity index (χ0v) is 11.5. The number of benzene rings is 1. The smallest absolute Gasteiger partial charge is 0.274 e. The van der Waals surface area contributed by atoms with Crippen molar-refractivity contribution in [1.29, 1.82) is 0 Å². The Morgan fingerprint density at radius 2 is 2.20 bits per heavy atom. The van der Waals surface area contributed by atoms with Crippen molar-refractivity contribution < 1.29 is 9.18 Å². The molecule has 0 fully saturated rings. The number of halogens is 1. The molecular formula is C14H17FN4O. The van der Waals surface area contributed by atoms with Crippen LogP contribution in [0.15, 0.2) is 24.3 Å². The number of hydrogen-bond acceptors (Lipinski definition) is 3. The van der Waals surface area contributed by atoms with Crippen LogP contribution in [0.1, 0.15) is 30.0 Å². The molecule has 0 aliphatic rings. The highest BCUT2D eigenvalue weighted by molar-refractivity contribution is 6.04. The monoisotopic (exact) mass is 276 g/mol. The highest BCUT2D eigenvalue weighted by atomic mass is 19.1. The first-order chi connectivity index (χ1) is 9.56. The minimum atomic E-state index is -0.559. The molecule has 0 bridgehead atoms. The largest absolute Gasteiger partial charge is 0.397 e. The standard InChI is InChI=1S/C14H17FN4O/c1-3-9-8-12(19(4-2)18-9)14(20)17-13-10(15)6-5-7-11(13)16/h5-8H,3-4,16H2,1-2H3,(H,17,20). The van der Waals surface area contributed by atoms with Crippen molar-refractivity contribution >= 4 is 17.3 Å². The molecule has 0 aliphatic carbocycles. The molecule has 5 nitrogen and oxygen atoms in total. The number of nitrogens with two attached hydrogens (primary N) is 1. The highest BCUT2D eigenvalue weighted by Gasteiger charge is 2.16. The number of rotatable bonds is 4. The second-order valence-electron chi connectivity index (χ2n) is 4.35. The number of carbonyl (C=O) groups is 1. The molecule has 106 valence electrons. The van der Waals surface area contributed by atoms with Gasteiger partial charge < -0.3 is 11.1 Å². The van der Waals surface area contributed by atoms with E-state index in [2.05, 4.69) is 10.4 Å². The molecule has 1 amide bonds. The van der Waals surface area contributed by atoms with E-state index in [0.717, 1.165) is 12.1 Å². The first kappa shape index (κ1) is 14.0. The summed E-state index contributed by atoms with van der Waals surface area (Å²) in [7, 11) is 0. The van der Waals surface area contributed by atoms with Crippen LogP contribution in [-0.2, 0) is 13.0 Å². The van der Waals surface area contributed by atoms with Gasteiger partial charge in [0.25, 0.3) is 5.91 Å². The Labute approximate surface area is 116 Å². The van der Waals surface area contributed by atoms with Crippen LogP contribution >= 0.6 is 0 Å². The summed E-state index contributed by atoms with van der Waals surface area (Å²) < 4.78 is 15.3. The van der Waals surface area contributed by atoms with Gasteiger partial charge in [-0.05, 0) is 31.5 Å². The van der Waals surface area contributed by atoms with Crippen molar-refractivity contribution in [2.24, 2.45) is 0 Å². The average molecular weight is 276 g/mol. The lowest BCUT2D eigenvalue weighted by atomic mass is 10.2. The Morgan fingerprint density at radius 1 is 1.45 bits per heavy atom. The first-order valence-corrected chi connectivity index (χ1v) is 6.48. The van der Waals surface area contributed by atoms with Crippen LogP contribution in [0.3, 0.4) is 0 Å². The summed E-state index contributed by atoms with van der Waals surface area (Å²) in [5, 5.41) is 6.79. The van der Waals surface area contributed by atoms with Crippen molar-refractivity contribution in [3.8, 4) is 0 Å². The molecule has 2 aromatic rings. The van der Waals surface area contributed by atoms with Gasteiger partial charge in [-0.25, -0.2) is 4.39 Å². The number of amides is 1. The maximum Gasteiger partial charge on any atom is 0.274 e. The summed E-state index contributed by atoms with van der Waals surface area (Å²) >= 11 is 0. The zero-order chi connectivity index (χ0) is 14.7. The molecule has 6 heteroatoms. The van der Waals surface area contributed by atoms with Crippen LogP contribution in [-0.4, -0.2) is 15.7 Å². The molecule has 0 spiro atoms. The molecule has 20 heavy (non-hydrogen) atoms. The van der Waals surface area contributed by atoms with Gasteiger partial charge in [-0.1, -0.05) is 13.0 Å². The lowest BCUT2D eigenvalue weighted by Crippen LogP contribution is -2.18. The third-order valence-corrected chi connectivity index (χ3v) is 3.01. The Bertz CT molecular complexity index is 616. The Morgan fingerprint density at radius 3 is 2.80 bits per heavy atom. The number of nitrogens with one attached hydrogen (secondary N) is 1. The van der Waals surface area contributed by atoms with Gasteiger partial charge in [-0.3, -0.25) is 9.48 Å². The Balaban J connectivity index is 2.30. The van der Waals surface area contributed by atoms with Gasteiger partial charge in [0.15, 0.2) is 0 Å². The number of carbonyl (C=O) groups excluding carboxylic acids is 1. The van der Waals surface area contributed by atoms with E-state index in [1.807, 2.05) is 13.8 Å². The topological polar surface area (TPSA) is 72.9 Å². The molecule has 3 N–H and O–H groups in total. The fourth-order valence-electron chi connectivity index (χ4n) is 1.92. The minimum absolute atomic E-state index is 0.000554. The second kappa shape index (κ2) is 5.73. The van der Waals surface area contributed by atoms with E-state index in [1.54, 1.807) is 10.7 Å². The zero-order valence-electron chi connectivity index (χ0n) is 11.5. The van der Waals surface area contributed by atoms with Crippen molar-refractivity contribution in [3.63, 3.8) is 0 Å². The number of nitrogens with zero attached hydrogens (tertiary/aromatic N) is 2. The van der Waals surface area contributed by atoms with E-state index in [9.17, 15) is 9.18 Å². The molecule has 0 saturated heterocycles. The van der Waals surface area contributed by atoms with Gasteiger partial charge in [0.05, 0.1) is 11.4 Å². The normalized spacial score (nSPS) is 10.6. The van der Waals surface area contributed by atoms with Gasteiger partial charge in [0, 0.05) is 6.54 Å². The third-order valence-electron chi connectivity index (χ3n) is 3.01. The van der Waals surface area contributed by atoms with Crippen molar-refractivity contribution in [2.75, 3.05) is 11.1 Å². The van der Waals surface area contributed by atoms with Gasteiger partial charge in [0.2, 0.25) is 0 Å². The molecule has 1 aromatic heterocycles. The summed E-state index contributed by atoms with van der Waals surface area (Å²) in [6.07, 6.45) is 0.731. The molecule has 1 heterocycles. The first-order valence-electron chi connectivity index (χ1n) is 6.48. The van der Waals surface area contributed by atoms with Crippen LogP contribution in [0, 0.1) is 5.82 Å². The Kier molecular flexibility index (Phi) is 4.02. The van der Waals surface area contributed by atoms with Crippen LogP contribution in [0.2, 0.25) is 0 Å². The average Bonchev–Trinajstić information content (AvgIpc) is 2.86. The lowest BCUT2D eigenvalue weighted by molar-refractivity contribution is 0.101. The lowest BCUT2D eigenvalue weighted by Gasteiger charge is -2.09. The summed E-state index contributed by atoms with van der Waals surface area (Å²) in [6, 6.07) is 5.98. The number of aromatic nitrogens is 2. The maximum atomic E-state index is 13.7. The van der Waals surface area contributed by atoms with Crippen molar-refractivity contribution in [1.82, 2.24) is 9.78 Å². The minimum Gasteiger partial charge on any atom is -0.397 e. The fraction of sp³-hybridized carbons (Fsp3) is 0.286. The fourth-order valence-corrected chi connectivity index (χ4v) is 1.92. The number of hydrogen-bond donors (Lipinski definition) is 2. The van der Waals surface area contributed by atoms with Gasteiger partial charge in [-0.15, -0.1) is 0 Å². The van der Waals surface area contributed by atoms with E-state index in [0.29, 0.717) is 12.2 Å². The number of aryl methyl sites for hydroxylation is 2. The van der Waals surface area contributed by atoms with E-state index >= 15 is 0 Å². The predicted octanol–water partition coefficient (Wildman–Crippen LogP) is 2.44. The summed E-state index contributed by atoms with van der Waals surface area (Å²) in [6.45, 7) is 4.41. The number of anilines is 2. The molecule has 0 atom stereocenters. The van der Waals surface area contributed by atoms with E-state index < -0.39 is 11.7 Å². The van der Waals surface area contributed by atoms with E-state index in [4.69, 9.17) is 5.73 Å². The van der Waals surface area contributed by atoms with Crippen LogP contribution in [0.5, 0.6) is 0 Å². The van der Waals surface area contributed by atoms with E-state index in [1.165, 1.54) is 18.2 Å². The Hall–Kier alpha value is -2.37. The van der Waals surface area contributed by atoms with Gasteiger partial charge in [0.1, 0.15) is 17.2 Å². The second-order valence-corrected chi connectivity index (χ2v) is 4.35. The molecule has 0 saturated carbocycles. The van der Waals surface area contributed by atoms with Crippen LogP contribution in [0.4, 0.5) is 15.8 Å². The third kappa shape index (κ3) is 2.64. The maximum absolute atomic E-state index is 13.7. The quantitative estimate of drug-likeness (QED) is 0.842. The highest BCUT2D eigenvalue weighted by Crippen LogP contribution is 2.22. The number of para-hydroxylation sites is 1. The summed E-state index contributed by atoms with van der Waals surface area (Å²) in [4.78, 5) is 12.2. The van der Waals surface area contributed by atoms with Gasteiger partial charge >= 0.3 is 0 Å². The molecule has 0 unspecified atom stereocenters. The van der Waals surface area contributed by atoms with Gasteiger partial charge in [-0.2, -0.15) is 5.10 Å². The predicted molar refractivity (Wildman–Crippen MR) is 76.0 cm³/mol.